The summed E-state index contributed by atoms with van der Waals surface area (Å²) in [6, 6.07) is 5.62. The molecule has 0 saturated carbocycles. The first-order valence-corrected chi connectivity index (χ1v) is 9.12. The highest BCUT2D eigenvalue weighted by Gasteiger charge is 2.07. The minimum Gasteiger partial charge on any atom is -0.490 e. The highest BCUT2D eigenvalue weighted by molar-refractivity contribution is 7.15. The number of rotatable bonds is 9. The predicted molar refractivity (Wildman–Crippen MR) is 100 cm³/mol. The average Bonchev–Trinajstić information content (AvgIpc) is 3.00. The zero-order valence-corrected chi connectivity index (χ0v) is 15.6. The Bertz CT molecular complexity index is 728. The number of aryl methyl sites for hydroxylation is 1. The van der Waals surface area contributed by atoms with Gasteiger partial charge in [-0.3, -0.25) is 10.1 Å². The van der Waals surface area contributed by atoms with Crippen LogP contribution in [-0.4, -0.2) is 29.3 Å². The molecule has 0 bridgehead atoms. The third-order valence-corrected chi connectivity index (χ3v) is 3.96. The first kappa shape index (κ1) is 18.9. The molecule has 0 radical (unpaired) electrons. The average molecular weight is 361 g/mol. The molecule has 0 aliphatic rings. The number of aromatic nitrogens is 2. The second-order valence-electron chi connectivity index (χ2n) is 5.29. The molecule has 1 aromatic heterocycles. The summed E-state index contributed by atoms with van der Waals surface area (Å²) in [5, 5.41) is 11.7. The number of nitrogens with one attached hydrogen (secondary N) is 1. The van der Waals surface area contributed by atoms with Crippen molar-refractivity contribution >= 4 is 28.5 Å². The van der Waals surface area contributed by atoms with Gasteiger partial charge >= 0.3 is 0 Å². The predicted octanol–water partition coefficient (Wildman–Crippen LogP) is 4.08. The van der Waals surface area contributed by atoms with Crippen molar-refractivity contribution in [3.8, 4) is 11.5 Å². The number of anilines is 1. The maximum atomic E-state index is 11.9. The maximum Gasteiger partial charge on any atom is 0.250 e. The molecule has 0 aliphatic heterocycles. The lowest BCUT2D eigenvalue weighted by Crippen LogP contribution is -2.07. The van der Waals surface area contributed by atoms with E-state index in [1.807, 2.05) is 32.0 Å². The summed E-state index contributed by atoms with van der Waals surface area (Å²) in [4.78, 5) is 11.9. The molecule has 6 nitrogen and oxygen atoms in total. The third-order valence-electron chi connectivity index (χ3n) is 3.21. The number of benzene rings is 1. The second-order valence-corrected chi connectivity index (χ2v) is 6.47. The van der Waals surface area contributed by atoms with Gasteiger partial charge in [0, 0.05) is 6.08 Å². The minimum atomic E-state index is -0.252. The summed E-state index contributed by atoms with van der Waals surface area (Å²) >= 11 is 1.33. The molecule has 0 aliphatic carbocycles. The van der Waals surface area contributed by atoms with Crippen LogP contribution in [0.25, 0.3) is 6.08 Å². The quantitative estimate of drug-likeness (QED) is 0.538. The van der Waals surface area contributed by atoms with Crippen LogP contribution in [0.4, 0.5) is 5.13 Å². The van der Waals surface area contributed by atoms with Crippen molar-refractivity contribution in [2.75, 3.05) is 18.5 Å². The molecule has 2 rings (SSSR count). The van der Waals surface area contributed by atoms with Crippen molar-refractivity contribution in [2.45, 2.75) is 33.6 Å². The van der Waals surface area contributed by atoms with Gasteiger partial charge in [0.15, 0.2) is 11.5 Å². The van der Waals surface area contributed by atoms with E-state index < -0.39 is 0 Å². The van der Waals surface area contributed by atoms with Gasteiger partial charge < -0.3 is 9.47 Å². The van der Waals surface area contributed by atoms with Crippen molar-refractivity contribution in [3.63, 3.8) is 0 Å². The molecule has 1 amide bonds. The van der Waals surface area contributed by atoms with Crippen LogP contribution in [0, 0.1) is 6.92 Å². The Kier molecular flexibility index (Phi) is 7.40. The molecule has 7 heteroatoms. The lowest BCUT2D eigenvalue weighted by molar-refractivity contribution is -0.111. The molecule has 1 N–H and O–H groups in total. The standard InChI is InChI=1S/C18H23N3O3S/c1-4-6-11-24-15-9-7-14(12-16(15)23-5-2)8-10-17(22)19-18-21-20-13(3)25-18/h7-10,12H,4-6,11H2,1-3H3,(H,19,21,22). The van der Waals surface area contributed by atoms with Crippen LogP contribution < -0.4 is 14.8 Å². The summed E-state index contributed by atoms with van der Waals surface area (Å²) in [5.41, 5.74) is 0.856. The molecule has 25 heavy (non-hydrogen) atoms. The van der Waals surface area contributed by atoms with Crippen LogP contribution in [0.3, 0.4) is 0 Å². The topological polar surface area (TPSA) is 73.3 Å². The van der Waals surface area contributed by atoms with Crippen LogP contribution in [0.15, 0.2) is 24.3 Å². The Morgan fingerprint density at radius 3 is 2.76 bits per heavy atom. The Balaban J connectivity index is 2.02. The number of hydrogen-bond donors (Lipinski definition) is 1. The van der Waals surface area contributed by atoms with Gasteiger partial charge in [0.05, 0.1) is 13.2 Å². The first-order valence-electron chi connectivity index (χ1n) is 8.31. The summed E-state index contributed by atoms with van der Waals surface area (Å²) in [7, 11) is 0. The van der Waals surface area contributed by atoms with E-state index in [4.69, 9.17) is 9.47 Å². The number of ether oxygens (including phenoxy) is 2. The Morgan fingerprint density at radius 2 is 2.08 bits per heavy atom. The summed E-state index contributed by atoms with van der Waals surface area (Å²) in [6.07, 6.45) is 5.26. The van der Waals surface area contributed by atoms with E-state index in [2.05, 4.69) is 22.4 Å². The van der Waals surface area contributed by atoms with Crippen LogP contribution in [0.1, 0.15) is 37.3 Å². The van der Waals surface area contributed by atoms with Gasteiger partial charge in [-0.05, 0) is 44.0 Å². The summed E-state index contributed by atoms with van der Waals surface area (Å²) in [6.45, 7) is 7.09. The van der Waals surface area contributed by atoms with Crippen molar-refractivity contribution in [3.05, 3.63) is 34.8 Å². The first-order chi connectivity index (χ1) is 12.1. The van der Waals surface area contributed by atoms with E-state index in [0.29, 0.717) is 24.1 Å². The van der Waals surface area contributed by atoms with Crippen molar-refractivity contribution < 1.29 is 14.3 Å². The van der Waals surface area contributed by atoms with Gasteiger partial charge in [-0.15, -0.1) is 10.2 Å². The van der Waals surface area contributed by atoms with Crippen molar-refractivity contribution in [1.29, 1.82) is 0 Å². The Morgan fingerprint density at radius 1 is 1.24 bits per heavy atom. The largest absolute Gasteiger partial charge is 0.490 e. The highest BCUT2D eigenvalue weighted by Crippen LogP contribution is 2.29. The van der Waals surface area contributed by atoms with Crippen LogP contribution in [0.2, 0.25) is 0 Å². The fraction of sp³-hybridized carbons (Fsp3) is 0.389. The lowest BCUT2D eigenvalue weighted by atomic mass is 10.2. The van der Waals surface area contributed by atoms with E-state index in [1.54, 1.807) is 6.08 Å². The summed E-state index contributed by atoms with van der Waals surface area (Å²) < 4.78 is 11.4. The van der Waals surface area contributed by atoms with E-state index in [-0.39, 0.29) is 5.91 Å². The molecule has 0 atom stereocenters. The number of unbranched alkanes of at least 4 members (excludes halogenated alkanes) is 1. The summed E-state index contributed by atoms with van der Waals surface area (Å²) in [5.74, 6) is 1.15. The van der Waals surface area contributed by atoms with E-state index in [9.17, 15) is 4.79 Å². The number of carbonyl (C=O) groups is 1. The molecule has 2 aromatic rings. The number of amides is 1. The number of hydrogen-bond acceptors (Lipinski definition) is 6. The van der Waals surface area contributed by atoms with E-state index >= 15 is 0 Å². The molecular weight excluding hydrogens is 338 g/mol. The molecule has 134 valence electrons. The minimum absolute atomic E-state index is 0.252. The fourth-order valence-electron chi connectivity index (χ4n) is 2.01. The molecular formula is C18H23N3O3S. The Labute approximate surface area is 151 Å². The van der Waals surface area contributed by atoms with Gasteiger partial charge in [-0.25, -0.2) is 0 Å². The zero-order chi connectivity index (χ0) is 18.1. The van der Waals surface area contributed by atoms with Gasteiger partial charge in [0.2, 0.25) is 11.0 Å². The molecule has 0 saturated heterocycles. The van der Waals surface area contributed by atoms with Gasteiger partial charge in [0.25, 0.3) is 0 Å². The molecule has 0 spiro atoms. The molecule has 1 heterocycles. The second kappa shape index (κ2) is 9.78. The van der Waals surface area contributed by atoms with Crippen LogP contribution >= 0.6 is 11.3 Å². The lowest BCUT2D eigenvalue weighted by Gasteiger charge is -2.12. The van der Waals surface area contributed by atoms with Crippen molar-refractivity contribution in [1.82, 2.24) is 10.2 Å². The zero-order valence-electron chi connectivity index (χ0n) is 14.7. The van der Waals surface area contributed by atoms with E-state index in [0.717, 1.165) is 29.2 Å². The van der Waals surface area contributed by atoms with Crippen molar-refractivity contribution in [2.24, 2.45) is 0 Å². The fourth-order valence-corrected chi connectivity index (χ4v) is 2.60. The molecule has 0 unspecified atom stereocenters. The van der Waals surface area contributed by atoms with Gasteiger partial charge in [-0.1, -0.05) is 30.7 Å². The smallest absolute Gasteiger partial charge is 0.250 e. The third kappa shape index (κ3) is 6.19. The van der Waals surface area contributed by atoms with Gasteiger partial charge in [-0.2, -0.15) is 0 Å². The number of nitrogens with zero attached hydrogens (tertiary/aromatic N) is 2. The normalized spacial score (nSPS) is 10.8. The van der Waals surface area contributed by atoms with Crippen LogP contribution in [0.5, 0.6) is 11.5 Å². The van der Waals surface area contributed by atoms with Crippen LogP contribution in [-0.2, 0) is 4.79 Å². The molecule has 1 aromatic carbocycles. The van der Waals surface area contributed by atoms with E-state index in [1.165, 1.54) is 17.4 Å². The Hall–Kier alpha value is -2.41. The monoisotopic (exact) mass is 361 g/mol. The maximum absolute atomic E-state index is 11.9. The molecule has 0 fully saturated rings. The SMILES string of the molecule is CCCCOc1ccc(C=CC(=O)Nc2nnc(C)s2)cc1OCC. The van der Waals surface area contributed by atoms with Gasteiger partial charge in [0.1, 0.15) is 5.01 Å². The highest BCUT2D eigenvalue weighted by atomic mass is 32.1. The number of carbonyl (C=O) groups excluding carboxylic acids is 1.